The Kier molecular flexibility index (Phi) is 6.44. The SMILES string of the molecule is C[C@@H](c1ccc(Oc2ccc(CC(=O)O)cc2)cc1Cl)[C@@](O)(F)c1ccc2c(c1)n(C)c(=O)n2C. The summed E-state index contributed by atoms with van der Waals surface area (Å²) in [5.41, 5.74) is 1.91. The summed E-state index contributed by atoms with van der Waals surface area (Å²) in [4.78, 5) is 23.0. The second-order valence-electron chi connectivity index (χ2n) is 8.50. The molecule has 0 amide bonds. The second-order valence-corrected chi connectivity index (χ2v) is 8.91. The van der Waals surface area contributed by atoms with Gasteiger partial charge in [0.05, 0.1) is 17.5 Å². The van der Waals surface area contributed by atoms with Crippen LogP contribution < -0.4 is 10.4 Å². The lowest BCUT2D eigenvalue weighted by Crippen LogP contribution is -2.27. The average Bonchev–Trinajstić information content (AvgIpc) is 3.03. The van der Waals surface area contributed by atoms with Crippen molar-refractivity contribution in [3.05, 3.63) is 92.9 Å². The van der Waals surface area contributed by atoms with Crippen molar-refractivity contribution in [2.75, 3.05) is 0 Å². The number of halogens is 2. The third-order valence-electron chi connectivity index (χ3n) is 6.20. The van der Waals surface area contributed by atoms with Crippen LogP contribution in [0.15, 0.2) is 65.5 Å². The van der Waals surface area contributed by atoms with Gasteiger partial charge in [0.2, 0.25) is 5.85 Å². The Morgan fingerprint density at radius 3 is 2.29 bits per heavy atom. The van der Waals surface area contributed by atoms with E-state index in [-0.39, 0.29) is 22.7 Å². The van der Waals surface area contributed by atoms with Crippen molar-refractivity contribution in [3.63, 3.8) is 0 Å². The van der Waals surface area contributed by atoms with E-state index in [2.05, 4.69) is 0 Å². The molecule has 0 aliphatic heterocycles. The zero-order valence-electron chi connectivity index (χ0n) is 19.3. The minimum absolute atomic E-state index is 0.0107. The zero-order chi connectivity index (χ0) is 25.5. The lowest BCUT2D eigenvalue weighted by atomic mass is 9.88. The van der Waals surface area contributed by atoms with Crippen LogP contribution in [-0.2, 0) is 31.2 Å². The Labute approximate surface area is 205 Å². The predicted octanol–water partition coefficient (Wildman–Crippen LogP) is 4.87. The van der Waals surface area contributed by atoms with Gasteiger partial charge >= 0.3 is 11.7 Å². The highest BCUT2D eigenvalue weighted by Crippen LogP contribution is 2.42. The van der Waals surface area contributed by atoms with Gasteiger partial charge in [0.25, 0.3) is 0 Å². The van der Waals surface area contributed by atoms with Gasteiger partial charge in [-0.05, 0) is 47.5 Å². The minimum Gasteiger partial charge on any atom is -0.481 e. The number of ether oxygens (including phenoxy) is 1. The molecule has 2 atom stereocenters. The first kappa shape index (κ1) is 24.5. The maximum absolute atomic E-state index is 15.8. The van der Waals surface area contributed by atoms with Crippen molar-refractivity contribution in [2.24, 2.45) is 14.1 Å². The molecule has 0 saturated carbocycles. The Balaban J connectivity index is 1.58. The third-order valence-corrected chi connectivity index (χ3v) is 6.53. The van der Waals surface area contributed by atoms with E-state index in [0.29, 0.717) is 33.7 Å². The van der Waals surface area contributed by atoms with Crippen molar-refractivity contribution in [2.45, 2.75) is 25.1 Å². The average molecular weight is 499 g/mol. The van der Waals surface area contributed by atoms with Crippen LogP contribution >= 0.6 is 11.6 Å². The van der Waals surface area contributed by atoms with Crippen LogP contribution in [0.1, 0.15) is 29.5 Å². The fourth-order valence-corrected chi connectivity index (χ4v) is 4.42. The minimum atomic E-state index is -2.76. The number of aliphatic hydroxyl groups is 1. The number of fused-ring (bicyclic) bond motifs is 1. The molecule has 1 heterocycles. The molecule has 2 N–H and O–H groups in total. The number of hydrogen-bond acceptors (Lipinski definition) is 4. The molecule has 0 radical (unpaired) electrons. The van der Waals surface area contributed by atoms with E-state index in [9.17, 15) is 14.7 Å². The van der Waals surface area contributed by atoms with E-state index in [1.807, 2.05) is 0 Å². The molecule has 4 rings (SSSR count). The van der Waals surface area contributed by atoms with Crippen molar-refractivity contribution >= 4 is 28.6 Å². The van der Waals surface area contributed by atoms with Gasteiger partial charge in [0.15, 0.2) is 0 Å². The number of benzene rings is 3. The monoisotopic (exact) mass is 498 g/mol. The van der Waals surface area contributed by atoms with Crippen LogP contribution in [0.2, 0.25) is 5.02 Å². The molecule has 4 aromatic rings. The van der Waals surface area contributed by atoms with Crippen LogP contribution in [0.4, 0.5) is 4.39 Å². The highest BCUT2D eigenvalue weighted by molar-refractivity contribution is 6.31. The van der Waals surface area contributed by atoms with Gasteiger partial charge in [0.1, 0.15) is 11.5 Å². The molecule has 35 heavy (non-hydrogen) atoms. The number of aliphatic carboxylic acids is 1. The van der Waals surface area contributed by atoms with E-state index in [4.69, 9.17) is 21.4 Å². The van der Waals surface area contributed by atoms with E-state index in [1.165, 1.54) is 34.3 Å². The number of carboxylic acid groups (broad SMARTS) is 1. The number of imidazole rings is 1. The summed E-state index contributed by atoms with van der Waals surface area (Å²) in [5, 5.41) is 19.9. The summed E-state index contributed by atoms with van der Waals surface area (Å²) in [6, 6.07) is 15.9. The molecule has 182 valence electrons. The molecule has 0 bridgehead atoms. The topological polar surface area (TPSA) is 93.7 Å². The summed E-state index contributed by atoms with van der Waals surface area (Å²) in [5.74, 6) is -3.82. The molecule has 0 aliphatic carbocycles. The summed E-state index contributed by atoms with van der Waals surface area (Å²) in [7, 11) is 3.22. The molecule has 3 aromatic carbocycles. The van der Waals surface area contributed by atoms with Crippen molar-refractivity contribution in [3.8, 4) is 11.5 Å². The lowest BCUT2D eigenvalue weighted by molar-refractivity contribution is -0.136. The van der Waals surface area contributed by atoms with Crippen LogP contribution in [0.25, 0.3) is 11.0 Å². The third kappa shape index (κ3) is 4.67. The molecule has 7 nitrogen and oxygen atoms in total. The van der Waals surface area contributed by atoms with Crippen molar-refractivity contribution < 1.29 is 24.1 Å². The van der Waals surface area contributed by atoms with Gasteiger partial charge in [-0.15, -0.1) is 0 Å². The standard InChI is InChI=1S/C26H24ClFN2O5/c1-15(26(28,34)17-6-11-22-23(13-17)30(3)25(33)29(22)2)20-10-9-19(14-21(20)27)35-18-7-4-16(5-8-18)12-24(31)32/h4-11,13-15,34H,12H2,1-3H3,(H,31,32)/t15-,26-/m0/s1. The fraction of sp³-hybridized carbons (Fsp3) is 0.231. The normalized spacial score (nSPS) is 14.0. The smallest absolute Gasteiger partial charge is 0.328 e. The Morgan fingerprint density at radius 1 is 1.03 bits per heavy atom. The van der Waals surface area contributed by atoms with E-state index in [0.717, 1.165) is 0 Å². The molecule has 9 heteroatoms. The van der Waals surface area contributed by atoms with E-state index in [1.54, 1.807) is 56.6 Å². The van der Waals surface area contributed by atoms with Crippen molar-refractivity contribution in [1.82, 2.24) is 9.13 Å². The molecule has 1 aromatic heterocycles. The highest BCUT2D eigenvalue weighted by Gasteiger charge is 2.38. The van der Waals surface area contributed by atoms with Gasteiger partial charge < -0.3 is 14.9 Å². The molecule has 0 aliphatic rings. The number of hydrogen-bond donors (Lipinski definition) is 2. The molecule has 0 spiro atoms. The maximum atomic E-state index is 15.8. The number of alkyl halides is 1. The maximum Gasteiger partial charge on any atom is 0.328 e. The van der Waals surface area contributed by atoms with Gasteiger partial charge in [-0.3, -0.25) is 13.9 Å². The summed E-state index contributed by atoms with van der Waals surface area (Å²) >= 11 is 6.44. The molecule has 0 saturated heterocycles. The number of rotatable bonds is 7. The Hall–Kier alpha value is -3.62. The Bertz CT molecular complexity index is 1470. The summed E-state index contributed by atoms with van der Waals surface area (Å²) < 4.78 is 24.4. The van der Waals surface area contributed by atoms with Gasteiger partial charge in [-0.25, -0.2) is 9.18 Å². The molecule has 0 unspecified atom stereocenters. The fourth-order valence-electron chi connectivity index (χ4n) is 4.09. The quantitative estimate of drug-likeness (QED) is 0.379. The summed E-state index contributed by atoms with van der Waals surface area (Å²) in [6.07, 6.45) is -0.0850. The highest BCUT2D eigenvalue weighted by atomic mass is 35.5. The second kappa shape index (κ2) is 9.20. The van der Waals surface area contributed by atoms with Gasteiger partial charge in [0, 0.05) is 30.6 Å². The first-order chi connectivity index (χ1) is 16.5. The zero-order valence-corrected chi connectivity index (χ0v) is 20.1. The molecular weight excluding hydrogens is 475 g/mol. The van der Waals surface area contributed by atoms with Crippen molar-refractivity contribution in [1.29, 1.82) is 0 Å². The lowest BCUT2D eigenvalue weighted by Gasteiger charge is -2.28. The number of carbonyl (C=O) groups is 1. The van der Waals surface area contributed by atoms with Crippen LogP contribution in [0, 0.1) is 0 Å². The first-order valence-corrected chi connectivity index (χ1v) is 11.2. The van der Waals surface area contributed by atoms with E-state index >= 15 is 4.39 Å². The predicted molar refractivity (Wildman–Crippen MR) is 131 cm³/mol. The summed E-state index contributed by atoms with van der Waals surface area (Å²) in [6.45, 7) is 1.52. The number of aryl methyl sites for hydroxylation is 2. The molecule has 0 fully saturated rings. The number of aromatic nitrogens is 2. The molecular formula is C26H24ClFN2O5. The Morgan fingerprint density at radius 2 is 1.66 bits per heavy atom. The van der Waals surface area contributed by atoms with Crippen LogP contribution in [0.5, 0.6) is 11.5 Å². The largest absolute Gasteiger partial charge is 0.481 e. The number of nitrogens with zero attached hydrogens (tertiary/aromatic N) is 2. The van der Waals surface area contributed by atoms with Gasteiger partial charge in [-0.1, -0.05) is 42.8 Å². The van der Waals surface area contributed by atoms with Gasteiger partial charge in [-0.2, -0.15) is 0 Å². The number of carboxylic acids is 1. The van der Waals surface area contributed by atoms with E-state index < -0.39 is 17.7 Å². The first-order valence-electron chi connectivity index (χ1n) is 10.8. The van der Waals surface area contributed by atoms with Crippen LogP contribution in [0.3, 0.4) is 0 Å². The van der Waals surface area contributed by atoms with Crippen LogP contribution in [-0.4, -0.2) is 25.3 Å².